The number of aromatic nitrogens is 2. The van der Waals surface area contributed by atoms with Crippen LogP contribution in [0.4, 0.5) is 11.6 Å². The number of nitrogens with one attached hydrogen (secondary N) is 1. The van der Waals surface area contributed by atoms with Crippen molar-refractivity contribution in [3.8, 4) is 11.3 Å². The third-order valence-corrected chi connectivity index (χ3v) is 2.73. The lowest BCUT2D eigenvalue weighted by Crippen LogP contribution is -2.15. The fraction of sp³-hybridized carbons (Fsp3) is 0.231. The second-order valence-electron chi connectivity index (χ2n) is 4.25. The zero-order chi connectivity index (χ0) is 14.5. The van der Waals surface area contributed by atoms with Gasteiger partial charge in [-0.1, -0.05) is 12.1 Å². The van der Waals surface area contributed by atoms with Crippen LogP contribution >= 0.6 is 0 Å². The molecule has 7 nitrogen and oxygen atoms in total. The van der Waals surface area contributed by atoms with Gasteiger partial charge in [-0.2, -0.15) is 0 Å². The van der Waals surface area contributed by atoms with Crippen molar-refractivity contribution in [1.29, 1.82) is 0 Å². The number of rotatable bonds is 5. The van der Waals surface area contributed by atoms with Gasteiger partial charge in [-0.15, -0.1) is 0 Å². The van der Waals surface area contributed by atoms with Crippen LogP contribution in [0.1, 0.15) is 5.56 Å². The number of nitro groups is 1. The number of aryl methyl sites for hydroxylation is 1. The van der Waals surface area contributed by atoms with Crippen LogP contribution in [-0.2, 0) is 0 Å². The number of benzene rings is 1. The Balaban J connectivity index is 2.40. The van der Waals surface area contributed by atoms with Crippen molar-refractivity contribution in [2.24, 2.45) is 5.73 Å². The van der Waals surface area contributed by atoms with Crippen molar-refractivity contribution in [2.45, 2.75) is 6.92 Å². The van der Waals surface area contributed by atoms with Crippen molar-refractivity contribution in [1.82, 2.24) is 9.97 Å². The van der Waals surface area contributed by atoms with Crippen LogP contribution in [-0.4, -0.2) is 28.0 Å². The van der Waals surface area contributed by atoms with Gasteiger partial charge in [0.1, 0.15) is 0 Å². The number of hydrogen-bond acceptors (Lipinski definition) is 6. The fourth-order valence-electron chi connectivity index (χ4n) is 1.77. The normalized spacial score (nSPS) is 10.3. The molecule has 2 aromatic rings. The summed E-state index contributed by atoms with van der Waals surface area (Å²) in [5.41, 5.74) is 7.66. The molecule has 0 spiro atoms. The maximum Gasteiger partial charge on any atom is 0.270 e. The quantitative estimate of drug-likeness (QED) is 0.634. The largest absolute Gasteiger partial charge is 0.353 e. The molecule has 0 fully saturated rings. The highest BCUT2D eigenvalue weighted by molar-refractivity contribution is 5.66. The molecule has 0 amide bonds. The second kappa shape index (κ2) is 6.07. The maximum atomic E-state index is 10.8. The van der Waals surface area contributed by atoms with E-state index in [1.807, 2.05) is 6.92 Å². The van der Waals surface area contributed by atoms with Crippen molar-refractivity contribution in [3.05, 3.63) is 46.1 Å². The van der Waals surface area contributed by atoms with Crippen molar-refractivity contribution >= 4 is 11.6 Å². The molecule has 0 aliphatic heterocycles. The lowest BCUT2D eigenvalue weighted by molar-refractivity contribution is -0.384. The summed E-state index contributed by atoms with van der Waals surface area (Å²) in [5.74, 6) is 0.461. The molecule has 0 unspecified atom stereocenters. The van der Waals surface area contributed by atoms with Gasteiger partial charge in [0.05, 0.1) is 10.6 Å². The average Bonchev–Trinajstić information content (AvgIpc) is 2.46. The Hall–Kier alpha value is -2.54. The van der Waals surface area contributed by atoms with Crippen molar-refractivity contribution in [3.63, 3.8) is 0 Å². The van der Waals surface area contributed by atoms with Crippen LogP contribution in [0.5, 0.6) is 0 Å². The topological polar surface area (TPSA) is 107 Å². The molecule has 0 radical (unpaired) electrons. The molecule has 2 rings (SSSR count). The lowest BCUT2D eigenvalue weighted by Gasteiger charge is -2.08. The molecule has 0 saturated heterocycles. The zero-order valence-electron chi connectivity index (χ0n) is 11.0. The molecular formula is C13H15N5O2. The van der Waals surface area contributed by atoms with Crippen LogP contribution in [0.25, 0.3) is 11.3 Å². The number of non-ortho nitro benzene ring substituents is 1. The highest BCUT2D eigenvalue weighted by atomic mass is 16.6. The van der Waals surface area contributed by atoms with E-state index in [9.17, 15) is 10.1 Å². The summed E-state index contributed by atoms with van der Waals surface area (Å²) in [6, 6.07) is 6.38. The first kappa shape index (κ1) is 13.9. The molecular weight excluding hydrogens is 258 g/mol. The van der Waals surface area contributed by atoms with E-state index in [1.165, 1.54) is 12.1 Å². The molecule has 0 bridgehead atoms. The summed E-state index contributed by atoms with van der Waals surface area (Å²) in [6.07, 6.45) is 1.68. The van der Waals surface area contributed by atoms with E-state index >= 15 is 0 Å². The SMILES string of the molecule is Cc1cnc(NCCN)nc1-c1cccc([N+](=O)[O-])c1. The molecule has 0 atom stereocenters. The summed E-state index contributed by atoms with van der Waals surface area (Å²) in [5, 5.41) is 13.8. The van der Waals surface area contributed by atoms with Crippen molar-refractivity contribution in [2.75, 3.05) is 18.4 Å². The van der Waals surface area contributed by atoms with E-state index in [-0.39, 0.29) is 5.69 Å². The minimum absolute atomic E-state index is 0.0389. The average molecular weight is 273 g/mol. The Morgan fingerprint density at radius 3 is 2.95 bits per heavy atom. The fourth-order valence-corrected chi connectivity index (χ4v) is 1.77. The first-order chi connectivity index (χ1) is 9.61. The summed E-state index contributed by atoms with van der Waals surface area (Å²) < 4.78 is 0. The van der Waals surface area contributed by atoms with E-state index in [2.05, 4.69) is 15.3 Å². The van der Waals surface area contributed by atoms with Gasteiger partial charge in [-0.25, -0.2) is 9.97 Å². The number of nitro benzene ring substituents is 1. The third kappa shape index (κ3) is 3.07. The lowest BCUT2D eigenvalue weighted by atomic mass is 10.1. The molecule has 0 aliphatic carbocycles. The maximum absolute atomic E-state index is 10.8. The van der Waals surface area contributed by atoms with E-state index < -0.39 is 4.92 Å². The van der Waals surface area contributed by atoms with Gasteiger partial charge < -0.3 is 11.1 Å². The summed E-state index contributed by atoms with van der Waals surface area (Å²) in [7, 11) is 0. The van der Waals surface area contributed by atoms with Crippen LogP contribution in [0.3, 0.4) is 0 Å². The third-order valence-electron chi connectivity index (χ3n) is 2.73. The van der Waals surface area contributed by atoms with E-state index in [1.54, 1.807) is 18.3 Å². The minimum Gasteiger partial charge on any atom is -0.353 e. The predicted octanol–water partition coefficient (Wildman–Crippen LogP) is 1.73. The molecule has 7 heteroatoms. The Kier molecular flexibility index (Phi) is 4.21. The highest BCUT2D eigenvalue weighted by Gasteiger charge is 2.11. The molecule has 1 heterocycles. The van der Waals surface area contributed by atoms with Crippen LogP contribution < -0.4 is 11.1 Å². The van der Waals surface area contributed by atoms with Crippen LogP contribution in [0, 0.1) is 17.0 Å². The number of anilines is 1. The van der Waals surface area contributed by atoms with E-state index in [0.29, 0.717) is 30.3 Å². The molecule has 0 aliphatic rings. The van der Waals surface area contributed by atoms with E-state index in [4.69, 9.17) is 5.73 Å². The Morgan fingerprint density at radius 2 is 2.25 bits per heavy atom. The van der Waals surface area contributed by atoms with Gasteiger partial charge in [0.2, 0.25) is 5.95 Å². The van der Waals surface area contributed by atoms with Crippen molar-refractivity contribution < 1.29 is 4.92 Å². The molecule has 0 saturated carbocycles. The molecule has 1 aromatic carbocycles. The van der Waals surface area contributed by atoms with Gasteiger partial charge in [-0.05, 0) is 12.5 Å². The van der Waals surface area contributed by atoms with Gasteiger partial charge in [0, 0.05) is 37.0 Å². The number of nitrogens with two attached hydrogens (primary N) is 1. The monoisotopic (exact) mass is 273 g/mol. The summed E-state index contributed by atoms with van der Waals surface area (Å²) >= 11 is 0. The number of hydrogen-bond donors (Lipinski definition) is 2. The van der Waals surface area contributed by atoms with Gasteiger partial charge in [0.25, 0.3) is 5.69 Å². The summed E-state index contributed by atoms with van der Waals surface area (Å²) in [4.78, 5) is 18.9. The first-order valence-corrected chi connectivity index (χ1v) is 6.14. The standard InChI is InChI=1S/C13H15N5O2/c1-9-8-16-13(15-6-5-14)17-12(9)10-3-2-4-11(7-10)18(19)20/h2-4,7-8H,5-6,14H2,1H3,(H,15,16,17). The van der Waals surface area contributed by atoms with Gasteiger partial charge >= 0.3 is 0 Å². The molecule has 3 N–H and O–H groups in total. The van der Waals surface area contributed by atoms with Crippen LogP contribution in [0.2, 0.25) is 0 Å². The van der Waals surface area contributed by atoms with E-state index in [0.717, 1.165) is 5.56 Å². The second-order valence-corrected chi connectivity index (χ2v) is 4.25. The zero-order valence-corrected chi connectivity index (χ0v) is 11.0. The smallest absolute Gasteiger partial charge is 0.270 e. The van der Waals surface area contributed by atoms with Gasteiger partial charge in [0.15, 0.2) is 0 Å². The molecule has 1 aromatic heterocycles. The minimum atomic E-state index is -0.423. The predicted molar refractivity (Wildman–Crippen MR) is 76.4 cm³/mol. The Labute approximate surface area is 116 Å². The Bertz CT molecular complexity index is 630. The molecule has 104 valence electrons. The Morgan fingerprint density at radius 1 is 1.45 bits per heavy atom. The summed E-state index contributed by atoms with van der Waals surface area (Å²) in [6.45, 7) is 2.90. The van der Waals surface area contributed by atoms with Crippen LogP contribution in [0.15, 0.2) is 30.5 Å². The van der Waals surface area contributed by atoms with Gasteiger partial charge in [-0.3, -0.25) is 10.1 Å². The number of nitrogens with zero attached hydrogens (tertiary/aromatic N) is 3. The first-order valence-electron chi connectivity index (χ1n) is 6.14. The highest BCUT2D eigenvalue weighted by Crippen LogP contribution is 2.25. The molecule has 20 heavy (non-hydrogen) atoms.